The molecule has 1 unspecified atom stereocenters. The number of aromatic nitrogens is 3. The summed E-state index contributed by atoms with van der Waals surface area (Å²) in [6.45, 7) is 2.10. The summed E-state index contributed by atoms with van der Waals surface area (Å²) in [7, 11) is 4.02. The molecular weight excluding hydrogens is 457 g/mol. The fourth-order valence-electron chi connectivity index (χ4n) is 2.59. The van der Waals surface area contributed by atoms with Gasteiger partial charge in [-0.05, 0) is 44.1 Å². The number of carboxylic acid groups (broad SMARTS) is 1. The maximum atomic E-state index is 10.6. The largest absolute Gasteiger partial charge is 0.490 e. The Morgan fingerprint density at radius 1 is 1.28 bits per heavy atom. The number of fused-ring (bicyclic) bond motifs is 1. The molecule has 0 aliphatic heterocycles. The molecular formula is C18H18BrF3N4O3. The second-order valence-corrected chi connectivity index (χ2v) is 7.02. The standard InChI is InChI=1S/C16H17BrN4O.C2HF3O2/c1-4-14(21(2)3)16-19-15(20-22-16)11-5-6-13(17)10-7-8-18-9-12(10)11;3-2(4,5)1(6)7/h5-9,14H,4H2,1-3H3;(H,6,7). The van der Waals surface area contributed by atoms with E-state index < -0.39 is 12.1 Å². The lowest BCUT2D eigenvalue weighted by molar-refractivity contribution is -0.192. The molecule has 3 rings (SSSR count). The highest BCUT2D eigenvalue weighted by Gasteiger charge is 2.38. The van der Waals surface area contributed by atoms with Crippen LogP contribution in [-0.2, 0) is 4.79 Å². The SMILES string of the molecule is CCC(c1nc(-c2ccc(Br)c3ccncc23)no1)N(C)C.O=C(O)C(F)(F)F. The number of carbonyl (C=O) groups is 1. The van der Waals surface area contributed by atoms with Crippen molar-refractivity contribution < 1.29 is 27.6 Å². The van der Waals surface area contributed by atoms with Crippen molar-refractivity contribution in [3.05, 3.63) is 41.0 Å². The number of alkyl halides is 3. The van der Waals surface area contributed by atoms with Gasteiger partial charge in [-0.1, -0.05) is 28.0 Å². The number of carboxylic acids is 1. The highest BCUT2D eigenvalue weighted by Crippen LogP contribution is 2.32. The van der Waals surface area contributed by atoms with Gasteiger partial charge in [0.25, 0.3) is 0 Å². The molecule has 29 heavy (non-hydrogen) atoms. The number of pyridine rings is 1. The van der Waals surface area contributed by atoms with Crippen LogP contribution in [0, 0.1) is 0 Å². The Balaban J connectivity index is 0.000000370. The highest BCUT2D eigenvalue weighted by atomic mass is 79.9. The van der Waals surface area contributed by atoms with E-state index in [0.717, 1.165) is 27.2 Å². The van der Waals surface area contributed by atoms with Crippen molar-refractivity contribution in [1.29, 1.82) is 0 Å². The average molecular weight is 475 g/mol. The number of benzene rings is 1. The number of aliphatic carboxylic acids is 1. The first kappa shape index (κ1) is 22.8. The quantitative estimate of drug-likeness (QED) is 0.585. The highest BCUT2D eigenvalue weighted by molar-refractivity contribution is 9.10. The van der Waals surface area contributed by atoms with E-state index >= 15 is 0 Å². The lowest BCUT2D eigenvalue weighted by Crippen LogP contribution is -2.21. The lowest BCUT2D eigenvalue weighted by atomic mass is 10.1. The molecule has 0 saturated heterocycles. The van der Waals surface area contributed by atoms with Crippen molar-refractivity contribution in [1.82, 2.24) is 20.0 Å². The summed E-state index contributed by atoms with van der Waals surface area (Å²) >= 11 is 3.56. The molecule has 0 aliphatic carbocycles. The molecule has 0 aliphatic rings. The summed E-state index contributed by atoms with van der Waals surface area (Å²) in [5, 5.41) is 13.4. The van der Waals surface area contributed by atoms with Crippen LogP contribution in [0.15, 0.2) is 39.6 Å². The van der Waals surface area contributed by atoms with Crippen LogP contribution >= 0.6 is 15.9 Å². The predicted octanol–water partition coefficient (Wildman–Crippen LogP) is 4.69. The molecule has 0 saturated carbocycles. The number of halogens is 4. The molecule has 0 bridgehead atoms. The van der Waals surface area contributed by atoms with E-state index in [4.69, 9.17) is 14.4 Å². The molecule has 1 aromatic carbocycles. The molecule has 0 spiro atoms. The summed E-state index contributed by atoms with van der Waals surface area (Å²) in [6.07, 6.45) is -0.566. The van der Waals surface area contributed by atoms with E-state index in [1.807, 2.05) is 38.5 Å². The zero-order valence-corrected chi connectivity index (χ0v) is 17.3. The molecule has 7 nitrogen and oxygen atoms in total. The number of nitrogens with zero attached hydrogens (tertiary/aromatic N) is 4. The fraction of sp³-hybridized carbons (Fsp3) is 0.333. The van der Waals surface area contributed by atoms with Gasteiger partial charge in [0, 0.05) is 27.8 Å². The lowest BCUT2D eigenvalue weighted by Gasteiger charge is -2.18. The third kappa shape index (κ3) is 5.51. The van der Waals surface area contributed by atoms with E-state index in [9.17, 15) is 13.2 Å². The third-order valence-corrected chi connectivity index (χ3v) is 4.68. The maximum absolute atomic E-state index is 10.6. The van der Waals surface area contributed by atoms with Gasteiger partial charge in [0.05, 0.1) is 6.04 Å². The first-order valence-electron chi connectivity index (χ1n) is 8.39. The van der Waals surface area contributed by atoms with E-state index in [0.29, 0.717) is 11.7 Å². The van der Waals surface area contributed by atoms with Gasteiger partial charge in [0.2, 0.25) is 11.7 Å². The Hall–Kier alpha value is -2.53. The minimum Gasteiger partial charge on any atom is -0.475 e. The van der Waals surface area contributed by atoms with Crippen LogP contribution in [0.2, 0.25) is 0 Å². The van der Waals surface area contributed by atoms with Crippen LogP contribution in [0.5, 0.6) is 0 Å². The molecule has 0 fully saturated rings. The molecule has 3 aromatic rings. The summed E-state index contributed by atoms with van der Waals surface area (Å²) < 4.78 is 38.2. The smallest absolute Gasteiger partial charge is 0.475 e. The Kier molecular flexibility index (Phi) is 7.31. The number of hydrogen-bond acceptors (Lipinski definition) is 6. The Morgan fingerprint density at radius 2 is 1.93 bits per heavy atom. The van der Waals surface area contributed by atoms with Crippen molar-refractivity contribution >= 4 is 32.7 Å². The van der Waals surface area contributed by atoms with Crippen molar-refractivity contribution in [2.75, 3.05) is 14.1 Å². The Bertz CT molecular complexity index is 992. The van der Waals surface area contributed by atoms with Gasteiger partial charge in [-0.3, -0.25) is 9.88 Å². The first-order valence-corrected chi connectivity index (χ1v) is 9.18. The molecule has 156 valence electrons. The zero-order chi connectivity index (χ0) is 21.8. The van der Waals surface area contributed by atoms with E-state index in [-0.39, 0.29) is 6.04 Å². The average Bonchev–Trinajstić information content (AvgIpc) is 3.11. The van der Waals surface area contributed by atoms with Crippen LogP contribution in [0.25, 0.3) is 22.2 Å². The van der Waals surface area contributed by atoms with Gasteiger partial charge in [0.15, 0.2) is 0 Å². The summed E-state index contributed by atoms with van der Waals surface area (Å²) in [4.78, 5) is 19.8. The number of rotatable bonds is 4. The zero-order valence-electron chi connectivity index (χ0n) is 15.7. The Labute approximate surface area is 172 Å². The van der Waals surface area contributed by atoms with Crippen LogP contribution in [0.4, 0.5) is 13.2 Å². The van der Waals surface area contributed by atoms with Gasteiger partial charge >= 0.3 is 12.1 Å². The summed E-state index contributed by atoms with van der Waals surface area (Å²) in [6, 6.07) is 6.08. The first-order chi connectivity index (χ1) is 13.6. The van der Waals surface area contributed by atoms with Gasteiger partial charge in [-0.25, -0.2) is 4.79 Å². The van der Waals surface area contributed by atoms with Crippen LogP contribution in [0.3, 0.4) is 0 Å². The fourth-order valence-corrected chi connectivity index (χ4v) is 3.07. The molecule has 1 N–H and O–H groups in total. The normalized spacial score (nSPS) is 12.6. The molecule has 0 radical (unpaired) electrons. The van der Waals surface area contributed by atoms with Gasteiger partial charge in [-0.15, -0.1) is 0 Å². The number of hydrogen-bond donors (Lipinski definition) is 1. The molecule has 2 aromatic heterocycles. The molecule has 2 heterocycles. The Morgan fingerprint density at radius 3 is 2.48 bits per heavy atom. The van der Waals surface area contributed by atoms with Crippen molar-refractivity contribution in [3.63, 3.8) is 0 Å². The second kappa shape index (κ2) is 9.31. The van der Waals surface area contributed by atoms with Gasteiger partial charge in [0.1, 0.15) is 0 Å². The van der Waals surface area contributed by atoms with E-state index in [1.165, 1.54) is 0 Å². The minimum absolute atomic E-state index is 0.126. The second-order valence-electron chi connectivity index (χ2n) is 6.16. The predicted molar refractivity (Wildman–Crippen MR) is 103 cm³/mol. The van der Waals surface area contributed by atoms with E-state index in [2.05, 4.69) is 42.9 Å². The molecule has 11 heteroatoms. The molecule has 0 amide bonds. The van der Waals surface area contributed by atoms with Crippen LogP contribution in [-0.4, -0.2) is 51.4 Å². The van der Waals surface area contributed by atoms with Gasteiger partial charge in [-0.2, -0.15) is 18.2 Å². The summed E-state index contributed by atoms with van der Waals surface area (Å²) in [5.74, 6) is -1.52. The maximum Gasteiger partial charge on any atom is 0.490 e. The van der Waals surface area contributed by atoms with Crippen molar-refractivity contribution in [3.8, 4) is 11.4 Å². The van der Waals surface area contributed by atoms with Crippen LogP contribution < -0.4 is 0 Å². The van der Waals surface area contributed by atoms with E-state index in [1.54, 1.807) is 6.20 Å². The minimum atomic E-state index is -5.08. The van der Waals surface area contributed by atoms with Crippen molar-refractivity contribution in [2.45, 2.75) is 25.6 Å². The van der Waals surface area contributed by atoms with Crippen LogP contribution in [0.1, 0.15) is 25.3 Å². The topological polar surface area (TPSA) is 92.4 Å². The molecule has 1 atom stereocenters. The summed E-state index contributed by atoms with van der Waals surface area (Å²) in [5.41, 5.74) is 0.926. The third-order valence-electron chi connectivity index (χ3n) is 3.99. The monoisotopic (exact) mass is 474 g/mol. The van der Waals surface area contributed by atoms with Crippen molar-refractivity contribution in [2.24, 2.45) is 0 Å². The van der Waals surface area contributed by atoms with Gasteiger partial charge < -0.3 is 9.63 Å².